The van der Waals surface area contributed by atoms with Crippen molar-refractivity contribution in [2.45, 2.75) is 11.8 Å². The molecule has 3 N–H and O–H groups in total. The quantitative estimate of drug-likeness (QED) is 0.911. The maximum absolute atomic E-state index is 11.5. The summed E-state index contributed by atoms with van der Waals surface area (Å²) >= 11 is 6.01. The number of nitrogens with zero attached hydrogens (tertiary/aromatic N) is 1. The monoisotopic (exact) mass is 297 g/mol. The summed E-state index contributed by atoms with van der Waals surface area (Å²) in [5.41, 5.74) is 1.90. The van der Waals surface area contributed by atoms with Crippen molar-refractivity contribution in [2.24, 2.45) is 5.14 Å². The first-order valence-corrected chi connectivity index (χ1v) is 7.31. The molecule has 5 nitrogen and oxygen atoms in total. The van der Waals surface area contributed by atoms with E-state index in [1.165, 1.54) is 12.4 Å². The summed E-state index contributed by atoms with van der Waals surface area (Å²) in [6, 6.07) is 6.87. The first-order valence-electron chi connectivity index (χ1n) is 5.38. The fraction of sp³-hybridized carbons (Fsp3) is 0.0833. The Morgan fingerprint density at radius 2 is 2.00 bits per heavy atom. The van der Waals surface area contributed by atoms with Crippen molar-refractivity contribution >= 4 is 33.0 Å². The predicted octanol–water partition coefficient (Wildman–Crippen LogP) is 2.43. The molecule has 100 valence electrons. The molecule has 1 aromatic carbocycles. The van der Waals surface area contributed by atoms with Crippen LogP contribution in [-0.2, 0) is 10.0 Å². The van der Waals surface area contributed by atoms with E-state index in [-0.39, 0.29) is 4.90 Å². The lowest BCUT2D eigenvalue weighted by Gasteiger charge is -2.12. The lowest BCUT2D eigenvalue weighted by molar-refractivity contribution is 0.597. The van der Waals surface area contributed by atoms with Crippen LogP contribution in [-0.4, -0.2) is 13.4 Å². The minimum atomic E-state index is -3.83. The van der Waals surface area contributed by atoms with Gasteiger partial charge in [-0.2, -0.15) is 0 Å². The molecule has 0 aliphatic heterocycles. The molecule has 0 bridgehead atoms. The van der Waals surface area contributed by atoms with Crippen molar-refractivity contribution in [2.75, 3.05) is 5.32 Å². The molecule has 0 atom stereocenters. The molecule has 0 aliphatic rings. The number of aromatic nitrogens is 1. The maximum Gasteiger partial charge on any atom is 0.241 e. The fourth-order valence-corrected chi connectivity index (χ4v) is 2.41. The van der Waals surface area contributed by atoms with Crippen molar-refractivity contribution in [3.05, 3.63) is 47.2 Å². The van der Waals surface area contributed by atoms with Gasteiger partial charge >= 0.3 is 0 Å². The molecule has 2 rings (SSSR count). The molecule has 0 saturated heterocycles. The number of nitrogens with one attached hydrogen (secondary N) is 1. The van der Waals surface area contributed by atoms with Gasteiger partial charge in [0.1, 0.15) is 4.90 Å². The Kier molecular flexibility index (Phi) is 3.75. The molecule has 0 aliphatic carbocycles. The van der Waals surface area contributed by atoms with Crippen LogP contribution in [0.25, 0.3) is 0 Å². The van der Waals surface area contributed by atoms with E-state index in [9.17, 15) is 8.42 Å². The zero-order valence-electron chi connectivity index (χ0n) is 10.1. The molecule has 0 radical (unpaired) electrons. The van der Waals surface area contributed by atoms with Crippen LogP contribution in [0.3, 0.4) is 0 Å². The molecule has 1 aromatic heterocycles. The number of nitrogens with two attached hydrogens (primary N) is 1. The van der Waals surface area contributed by atoms with Crippen LogP contribution in [0.2, 0.25) is 5.02 Å². The molecular formula is C12H12ClN3O2S. The number of pyridine rings is 1. The second-order valence-electron chi connectivity index (χ2n) is 3.95. The largest absolute Gasteiger partial charge is 0.354 e. The van der Waals surface area contributed by atoms with Crippen LogP contribution < -0.4 is 10.5 Å². The zero-order valence-corrected chi connectivity index (χ0v) is 11.7. The van der Waals surface area contributed by atoms with Gasteiger partial charge in [-0.1, -0.05) is 17.7 Å². The summed E-state index contributed by atoms with van der Waals surface area (Å²) in [5, 5.41) is 8.74. The Morgan fingerprint density at radius 1 is 1.26 bits per heavy atom. The number of rotatable bonds is 3. The summed E-state index contributed by atoms with van der Waals surface area (Å²) < 4.78 is 22.9. The van der Waals surface area contributed by atoms with Crippen molar-refractivity contribution < 1.29 is 8.42 Å². The van der Waals surface area contributed by atoms with Gasteiger partial charge in [-0.3, -0.25) is 4.98 Å². The van der Waals surface area contributed by atoms with E-state index in [1.54, 1.807) is 24.3 Å². The number of anilines is 2. The van der Waals surface area contributed by atoms with Crippen molar-refractivity contribution in [3.63, 3.8) is 0 Å². The molecule has 1 heterocycles. The van der Waals surface area contributed by atoms with Crippen LogP contribution >= 0.6 is 11.6 Å². The third-order valence-corrected chi connectivity index (χ3v) is 3.98. The molecule has 0 unspecified atom stereocenters. The Morgan fingerprint density at radius 3 is 2.68 bits per heavy atom. The predicted molar refractivity (Wildman–Crippen MR) is 75.1 cm³/mol. The summed E-state index contributed by atoms with van der Waals surface area (Å²) in [6.45, 7) is 1.84. The summed E-state index contributed by atoms with van der Waals surface area (Å²) in [6.07, 6.45) is 2.69. The first-order chi connectivity index (χ1) is 8.89. The lowest BCUT2D eigenvalue weighted by Crippen LogP contribution is -2.14. The third kappa shape index (κ3) is 3.04. The molecular weight excluding hydrogens is 286 g/mol. The molecule has 0 spiro atoms. The topological polar surface area (TPSA) is 85.1 Å². The average molecular weight is 298 g/mol. The fourth-order valence-electron chi connectivity index (χ4n) is 1.60. The van der Waals surface area contributed by atoms with Crippen LogP contribution in [0.1, 0.15) is 5.56 Å². The van der Waals surface area contributed by atoms with E-state index in [4.69, 9.17) is 16.7 Å². The van der Waals surface area contributed by atoms with E-state index in [1.807, 2.05) is 6.92 Å². The third-order valence-electron chi connectivity index (χ3n) is 2.63. The van der Waals surface area contributed by atoms with Gasteiger partial charge in [0.05, 0.1) is 5.69 Å². The van der Waals surface area contributed by atoms with Gasteiger partial charge in [-0.25, -0.2) is 13.6 Å². The van der Waals surface area contributed by atoms with E-state index in [0.717, 1.165) is 5.56 Å². The Labute approximate surface area is 116 Å². The first kappa shape index (κ1) is 13.8. The van der Waals surface area contributed by atoms with Gasteiger partial charge in [0.2, 0.25) is 10.0 Å². The van der Waals surface area contributed by atoms with Crippen molar-refractivity contribution in [1.29, 1.82) is 0 Å². The maximum atomic E-state index is 11.5. The number of halogens is 1. The van der Waals surface area contributed by atoms with E-state index < -0.39 is 10.0 Å². The number of primary sulfonamides is 1. The average Bonchev–Trinajstić information content (AvgIpc) is 2.34. The summed E-state index contributed by atoms with van der Waals surface area (Å²) in [5.74, 6) is 0. The zero-order chi connectivity index (χ0) is 14.0. The number of hydrogen-bond donors (Lipinski definition) is 2. The lowest BCUT2D eigenvalue weighted by atomic mass is 10.2. The Balaban J connectivity index is 2.48. The minimum absolute atomic E-state index is 0.0608. The highest BCUT2D eigenvalue weighted by Gasteiger charge is 2.14. The van der Waals surface area contributed by atoms with Crippen molar-refractivity contribution in [1.82, 2.24) is 4.98 Å². The summed E-state index contributed by atoms with van der Waals surface area (Å²) in [4.78, 5) is 3.71. The molecule has 0 amide bonds. The summed E-state index contributed by atoms with van der Waals surface area (Å²) in [7, 11) is -3.83. The van der Waals surface area contributed by atoms with Crippen LogP contribution in [0.15, 0.2) is 41.6 Å². The Hall–Kier alpha value is -1.63. The van der Waals surface area contributed by atoms with Gasteiger partial charge in [-0.05, 0) is 30.7 Å². The molecule has 0 saturated carbocycles. The van der Waals surface area contributed by atoms with Crippen LogP contribution in [0, 0.1) is 6.92 Å². The van der Waals surface area contributed by atoms with Crippen LogP contribution in [0.4, 0.5) is 11.4 Å². The molecule has 2 aromatic rings. The van der Waals surface area contributed by atoms with E-state index in [0.29, 0.717) is 16.4 Å². The van der Waals surface area contributed by atoms with Gasteiger partial charge in [-0.15, -0.1) is 0 Å². The van der Waals surface area contributed by atoms with Gasteiger partial charge < -0.3 is 5.32 Å². The SMILES string of the molecule is Cc1c(Cl)cccc1Nc1ccncc1S(N)(=O)=O. The highest BCUT2D eigenvalue weighted by Crippen LogP contribution is 2.28. The number of hydrogen-bond acceptors (Lipinski definition) is 4. The highest BCUT2D eigenvalue weighted by molar-refractivity contribution is 7.89. The van der Waals surface area contributed by atoms with Gasteiger partial charge in [0.15, 0.2) is 0 Å². The molecule has 7 heteroatoms. The highest BCUT2D eigenvalue weighted by atomic mass is 35.5. The van der Waals surface area contributed by atoms with E-state index >= 15 is 0 Å². The minimum Gasteiger partial charge on any atom is -0.354 e. The smallest absolute Gasteiger partial charge is 0.241 e. The Bertz CT molecular complexity index is 717. The second-order valence-corrected chi connectivity index (χ2v) is 5.89. The molecule has 19 heavy (non-hydrogen) atoms. The number of sulfonamides is 1. The second kappa shape index (κ2) is 5.16. The van der Waals surface area contributed by atoms with Gasteiger partial charge in [0, 0.05) is 23.1 Å². The van der Waals surface area contributed by atoms with E-state index in [2.05, 4.69) is 10.3 Å². The molecule has 0 fully saturated rings. The van der Waals surface area contributed by atoms with Crippen LogP contribution in [0.5, 0.6) is 0 Å². The number of benzene rings is 1. The van der Waals surface area contributed by atoms with Crippen molar-refractivity contribution in [3.8, 4) is 0 Å². The standard InChI is InChI=1S/C12H12ClN3O2S/c1-8-9(13)3-2-4-10(8)16-11-5-6-15-7-12(11)19(14,17)18/h2-7H,1H3,(H,15,16)(H2,14,17,18). The normalized spacial score (nSPS) is 11.3. The van der Waals surface area contributed by atoms with Gasteiger partial charge in [0.25, 0.3) is 0 Å².